The second kappa shape index (κ2) is 31.8. The number of rotatable bonds is 33. The maximum Gasteiger partial charge on any atom is 0.469 e. The van der Waals surface area contributed by atoms with E-state index in [1.54, 1.807) is 0 Å². The van der Waals surface area contributed by atoms with Gasteiger partial charge in [0.25, 0.3) is 0 Å². The predicted octanol–water partition coefficient (Wildman–Crippen LogP) is 10.3. The SMILES string of the molecule is CCCCCCCCCCC/C=C/CCCCC(=O)O[C@H](COC(=O)CCCCCCCCCCCCC)COP(=O)(O)O. The van der Waals surface area contributed by atoms with Crippen LogP contribution in [0.4, 0.5) is 0 Å². The van der Waals surface area contributed by atoms with Crippen molar-refractivity contribution >= 4 is 19.8 Å². The van der Waals surface area contributed by atoms with Crippen molar-refractivity contribution in [1.82, 2.24) is 0 Å². The summed E-state index contributed by atoms with van der Waals surface area (Å²) >= 11 is 0. The summed E-state index contributed by atoms with van der Waals surface area (Å²) in [7, 11) is -4.74. The van der Waals surface area contributed by atoms with Gasteiger partial charge in [0.2, 0.25) is 0 Å². The van der Waals surface area contributed by atoms with Crippen molar-refractivity contribution in [1.29, 1.82) is 0 Å². The third kappa shape index (κ3) is 33.7. The summed E-state index contributed by atoms with van der Waals surface area (Å²) in [5.41, 5.74) is 0. The fraction of sp³-hybridized carbons (Fsp3) is 0.886. The summed E-state index contributed by atoms with van der Waals surface area (Å²) in [6, 6.07) is 0. The number of phosphoric ester groups is 1. The molecule has 0 fully saturated rings. The van der Waals surface area contributed by atoms with E-state index in [0.717, 1.165) is 38.5 Å². The number of carbonyl (C=O) groups excluding carboxylic acids is 2. The van der Waals surface area contributed by atoms with Gasteiger partial charge in [-0.1, -0.05) is 142 Å². The molecular formula is C35H67O8P. The lowest BCUT2D eigenvalue weighted by Gasteiger charge is -2.18. The van der Waals surface area contributed by atoms with Crippen LogP contribution < -0.4 is 0 Å². The second-order valence-corrected chi connectivity index (χ2v) is 13.4. The van der Waals surface area contributed by atoms with E-state index in [4.69, 9.17) is 19.3 Å². The number of allylic oxidation sites excluding steroid dienone is 2. The molecule has 0 aliphatic rings. The van der Waals surface area contributed by atoms with E-state index in [1.807, 2.05) is 0 Å². The van der Waals surface area contributed by atoms with Gasteiger partial charge >= 0.3 is 19.8 Å². The summed E-state index contributed by atoms with van der Waals surface area (Å²) in [5, 5.41) is 0. The Kier molecular flexibility index (Phi) is 30.9. The van der Waals surface area contributed by atoms with Gasteiger partial charge < -0.3 is 19.3 Å². The molecule has 0 unspecified atom stereocenters. The Morgan fingerprint density at radius 1 is 0.568 bits per heavy atom. The topological polar surface area (TPSA) is 119 Å². The van der Waals surface area contributed by atoms with Crippen LogP contribution in [0, 0.1) is 0 Å². The van der Waals surface area contributed by atoms with E-state index in [9.17, 15) is 14.2 Å². The molecule has 2 N–H and O–H groups in total. The van der Waals surface area contributed by atoms with Crippen molar-refractivity contribution in [2.75, 3.05) is 13.2 Å². The average molecular weight is 647 g/mol. The largest absolute Gasteiger partial charge is 0.469 e. The highest BCUT2D eigenvalue weighted by molar-refractivity contribution is 7.46. The molecule has 0 saturated carbocycles. The highest BCUT2D eigenvalue weighted by atomic mass is 31.2. The first-order valence-corrected chi connectivity index (χ1v) is 19.5. The van der Waals surface area contributed by atoms with Crippen molar-refractivity contribution in [3.8, 4) is 0 Å². The molecule has 0 rings (SSSR count). The zero-order valence-corrected chi connectivity index (χ0v) is 29.2. The van der Waals surface area contributed by atoms with E-state index in [2.05, 4.69) is 30.5 Å². The van der Waals surface area contributed by atoms with Gasteiger partial charge in [-0.2, -0.15) is 0 Å². The number of carbonyl (C=O) groups is 2. The van der Waals surface area contributed by atoms with Gasteiger partial charge in [0.15, 0.2) is 6.10 Å². The van der Waals surface area contributed by atoms with E-state index < -0.39 is 32.5 Å². The Balaban J connectivity index is 4.00. The monoisotopic (exact) mass is 646 g/mol. The summed E-state index contributed by atoms with van der Waals surface area (Å²) < 4.78 is 26.2. The second-order valence-electron chi connectivity index (χ2n) is 12.2. The molecule has 0 heterocycles. The molecule has 0 aromatic rings. The van der Waals surface area contributed by atoms with Crippen molar-refractivity contribution in [3.63, 3.8) is 0 Å². The summed E-state index contributed by atoms with van der Waals surface area (Å²) in [5.74, 6) is -0.906. The quantitative estimate of drug-likeness (QED) is 0.0313. The molecule has 44 heavy (non-hydrogen) atoms. The van der Waals surface area contributed by atoms with Crippen LogP contribution in [0.2, 0.25) is 0 Å². The molecule has 0 aliphatic heterocycles. The Morgan fingerprint density at radius 2 is 0.955 bits per heavy atom. The van der Waals surface area contributed by atoms with Gasteiger partial charge in [-0.05, 0) is 38.5 Å². The third-order valence-corrected chi connectivity index (χ3v) is 8.27. The van der Waals surface area contributed by atoms with Crippen LogP contribution in [0.5, 0.6) is 0 Å². The fourth-order valence-corrected chi connectivity index (χ4v) is 5.43. The highest BCUT2D eigenvalue weighted by Crippen LogP contribution is 2.36. The molecule has 0 spiro atoms. The van der Waals surface area contributed by atoms with E-state index in [0.29, 0.717) is 6.42 Å². The lowest BCUT2D eigenvalue weighted by atomic mass is 10.1. The van der Waals surface area contributed by atoms with Crippen molar-refractivity contribution in [2.45, 2.75) is 187 Å². The molecule has 1 atom stereocenters. The molecule has 0 amide bonds. The first kappa shape index (κ1) is 42.8. The Morgan fingerprint density at radius 3 is 1.43 bits per heavy atom. The molecule has 0 saturated heterocycles. The zero-order valence-electron chi connectivity index (χ0n) is 28.3. The van der Waals surface area contributed by atoms with Crippen LogP contribution in [-0.4, -0.2) is 41.0 Å². The number of unbranched alkanes of at least 4 members (excludes halogenated alkanes) is 21. The molecule has 0 aromatic carbocycles. The predicted molar refractivity (Wildman–Crippen MR) is 179 cm³/mol. The summed E-state index contributed by atoms with van der Waals surface area (Å²) in [6.07, 6.45) is 32.2. The van der Waals surface area contributed by atoms with Crippen molar-refractivity contribution in [3.05, 3.63) is 12.2 Å². The van der Waals surface area contributed by atoms with Gasteiger partial charge in [0.1, 0.15) is 6.61 Å². The maximum atomic E-state index is 12.3. The van der Waals surface area contributed by atoms with Crippen molar-refractivity contribution in [2.24, 2.45) is 0 Å². The standard InChI is InChI=1S/C35H67O8P/c1-3-5-7-9-11-13-15-16-17-18-20-22-24-26-28-30-35(37)43-33(32-42-44(38,39)40)31-41-34(36)29-27-25-23-21-19-14-12-10-8-6-4-2/h20,22,33H,3-19,21,23-32H2,1-2H3,(H2,38,39,40)/b22-20+/t33-/m1/s1. The van der Waals surface area contributed by atoms with Crippen LogP contribution >= 0.6 is 7.82 Å². The number of hydrogen-bond donors (Lipinski definition) is 2. The first-order valence-electron chi connectivity index (χ1n) is 18.0. The van der Waals surface area contributed by atoms with Crippen LogP contribution in [0.25, 0.3) is 0 Å². The summed E-state index contributed by atoms with van der Waals surface area (Å²) in [6.45, 7) is 3.65. The van der Waals surface area contributed by atoms with Gasteiger partial charge in [-0.3, -0.25) is 14.1 Å². The molecule has 9 heteroatoms. The smallest absolute Gasteiger partial charge is 0.462 e. The fourth-order valence-electron chi connectivity index (χ4n) is 5.07. The molecule has 260 valence electrons. The molecule has 0 radical (unpaired) electrons. The minimum absolute atomic E-state index is 0.186. The maximum absolute atomic E-state index is 12.3. The molecule has 8 nitrogen and oxygen atoms in total. The molecule has 0 aromatic heterocycles. The van der Waals surface area contributed by atoms with Crippen LogP contribution in [0.15, 0.2) is 12.2 Å². The number of ether oxygens (including phenoxy) is 2. The normalized spacial score (nSPS) is 12.5. The lowest BCUT2D eigenvalue weighted by Crippen LogP contribution is -2.29. The third-order valence-electron chi connectivity index (χ3n) is 7.78. The molecular weight excluding hydrogens is 579 g/mol. The summed E-state index contributed by atoms with van der Waals surface area (Å²) in [4.78, 5) is 42.5. The molecule has 0 aliphatic carbocycles. The zero-order chi connectivity index (χ0) is 32.6. The Labute approximate surface area is 269 Å². The van der Waals surface area contributed by atoms with E-state index in [-0.39, 0.29) is 19.4 Å². The van der Waals surface area contributed by atoms with Gasteiger partial charge in [0, 0.05) is 12.8 Å². The van der Waals surface area contributed by atoms with Crippen LogP contribution in [0.1, 0.15) is 181 Å². The first-order chi connectivity index (χ1) is 21.3. The average Bonchev–Trinajstić information content (AvgIpc) is 2.98. The van der Waals surface area contributed by atoms with Gasteiger partial charge in [-0.25, -0.2) is 4.57 Å². The number of hydrogen-bond acceptors (Lipinski definition) is 6. The minimum Gasteiger partial charge on any atom is -0.462 e. The van der Waals surface area contributed by atoms with Gasteiger partial charge in [-0.15, -0.1) is 0 Å². The van der Waals surface area contributed by atoms with Gasteiger partial charge in [0.05, 0.1) is 6.61 Å². The molecule has 0 bridgehead atoms. The van der Waals surface area contributed by atoms with Crippen LogP contribution in [0.3, 0.4) is 0 Å². The Hall–Kier alpha value is -1.21. The highest BCUT2D eigenvalue weighted by Gasteiger charge is 2.22. The number of phosphoric acid groups is 1. The Bertz CT molecular complexity index is 736. The number of esters is 2. The van der Waals surface area contributed by atoms with E-state index in [1.165, 1.54) is 109 Å². The lowest BCUT2D eigenvalue weighted by molar-refractivity contribution is -0.161. The van der Waals surface area contributed by atoms with Crippen LogP contribution in [-0.2, 0) is 28.2 Å². The van der Waals surface area contributed by atoms with E-state index >= 15 is 0 Å². The minimum atomic E-state index is -4.74. The van der Waals surface area contributed by atoms with Crippen molar-refractivity contribution < 1.29 is 37.9 Å².